The zero-order valence-electron chi connectivity index (χ0n) is 13.0. The van der Waals surface area contributed by atoms with Gasteiger partial charge in [-0.3, -0.25) is 0 Å². The minimum Gasteiger partial charge on any atom is -0.465 e. The second-order valence-electron chi connectivity index (χ2n) is 5.45. The average Bonchev–Trinajstić information content (AvgIpc) is 2.92. The maximum Gasteiger partial charge on any atom is 0.337 e. The maximum atomic E-state index is 11.8. The highest BCUT2D eigenvalue weighted by Crippen LogP contribution is 2.23. The van der Waals surface area contributed by atoms with Gasteiger partial charge in [0.05, 0.1) is 12.7 Å². The molecule has 0 unspecified atom stereocenters. The van der Waals surface area contributed by atoms with E-state index in [-0.39, 0.29) is 12.6 Å². The van der Waals surface area contributed by atoms with E-state index in [9.17, 15) is 9.90 Å². The first-order chi connectivity index (χ1) is 11.2. The van der Waals surface area contributed by atoms with Crippen molar-refractivity contribution in [2.24, 2.45) is 0 Å². The Balaban J connectivity index is 2.10. The third-order valence-corrected chi connectivity index (χ3v) is 3.96. The molecule has 0 saturated carbocycles. The van der Waals surface area contributed by atoms with Gasteiger partial charge in [-0.2, -0.15) is 0 Å². The third kappa shape index (κ3) is 3.12. The summed E-state index contributed by atoms with van der Waals surface area (Å²) in [5, 5.41) is 10.4. The van der Waals surface area contributed by atoms with Gasteiger partial charge in [0.15, 0.2) is 0 Å². The summed E-state index contributed by atoms with van der Waals surface area (Å²) in [6, 6.07) is 17.7. The van der Waals surface area contributed by atoms with Crippen molar-refractivity contribution in [1.29, 1.82) is 0 Å². The number of carbonyl (C=O) groups excluding carboxylic acids is 1. The number of aliphatic hydroxyl groups is 1. The molecule has 1 heterocycles. The monoisotopic (exact) mass is 309 g/mol. The van der Waals surface area contributed by atoms with Crippen LogP contribution in [0.4, 0.5) is 0 Å². The van der Waals surface area contributed by atoms with Gasteiger partial charge >= 0.3 is 5.97 Å². The fourth-order valence-corrected chi connectivity index (χ4v) is 2.83. The Morgan fingerprint density at radius 1 is 1.13 bits per heavy atom. The zero-order chi connectivity index (χ0) is 16.2. The summed E-state index contributed by atoms with van der Waals surface area (Å²) in [4.78, 5) is 11.8. The normalized spacial score (nSPS) is 10.9. The number of fused-ring (bicyclic) bond motifs is 1. The molecule has 0 radical (unpaired) electrons. The summed E-state index contributed by atoms with van der Waals surface area (Å²) in [6.07, 6.45) is 0.578. The van der Waals surface area contributed by atoms with Crippen molar-refractivity contribution in [2.45, 2.75) is 13.0 Å². The summed E-state index contributed by atoms with van der Waals surface area (Å²) in [5.74, 6) is -0.344. The van der Waals surface area contributed by atoms with E-state index in [4.69, 9.17) is 4.74 Å². The smallest absolute Gasteiger partial charge is 0.337 e. The Kier molecular flexibility index (Phi) is 4.44. The molecule has 0 aliphatic heterocycles. The highest BCUT2D eigenvalue weighted by molar-refractivity contribution is 5.94. The number of hydrogen-bond donors (Lipinski definition) is 1. The van der Waals surface area contributed by atoms with E-state index in [0.29, 0.717) is 18.5 Å². The predicted molar refractivity (Wildman–Crippen MR) is 89.6 cm³/mol. The third-order valence-electron chi connectivity index (χ3n) is 3.96. The predicted octanol–water partition coefficient (Wildman–Crippen LogP) is 3.01. The second-order valence-corrected chi connectivity index (χ2v) is 5.45. The molecule has 3 rings (SSSR count). The molecule has 0 aliphatic carbocycles. The van der Waals surface area contributed by atoms with Gasteiger partial charge in [0, 0.05) is 30.8 Å². The largest absolute Gasteiger partial charge is 0.465 e. The lowest BCUT2D eigenvalue weighted by atomic mass is 10.1. The molecular weight excluding hydrogens is 290 g/mol. The van der Waals surface area contributed by atoms with E-state index in [1.165, 1.54) is 12.7 Å². The van der Waals surface area contributed by atoms with Crippen molar-refractivity contribution in [1.82, 2.24) is 4.57 Å². The van der Waals surface area contributed by atoms with E-state index < -0.39 is 0 Å². The molecular formula is C19H19NO3. The topological polar surface area (TPSA) is 51.5 Å². The fraction of sp³-hybridized carbons (Fsp3) is 0.211. The van der Waals surface area contributed by atoms with Crippen LogP contribution in [0, 0.1) is 0 Å². The van der Waals surface area contributed by atoms with Crippen LogP contribution in [-0.4, -0.2) is 29.4 Å². The number of esters is 1. The van der Waals surface area contributed by atoms with Crippen molar-refractivity contribution in [3.05, 3.63) is 71.4 Å². The Hall–Kier alpha value is -2.59. The van der Waals surface area contributed by atoms with Crippen LogP contribution in [0.3, 0.4) is 0 Å². The van der Waals surface area contributed by atoms with Crippen LogP contribution in [-0.2, 0) is 17.7 Å². The molecule has 0 saturated heterocycles. The van der Waals surface area contributed by atoms with Crippen LogP contribution in [0.15, 0.2) is 54.6 Å². The number of aromatic nitrogens is 1. The van der Waals surface area contributed by atoms with E-state index in [0.717, 1.165) is 16.6 Å². The van der Waals surface area contributed by atoms with E-state index in [1.807, 2.05) is 30.3 Å². The van der Waals surface area contributed by atoms with Crippen molar-refractivity contribution in [3.63, 3.8) is 0 Å². The van der Waals surface area contributed by atoms with Gasteiger partial charge in [-0.25, -0.2) is 4.79 Å². The van der Waals surface area contributed by atoms with Gasteiger partial charge in [0.1, 0.15) is 0 Å². The quantitative estimate of drug-likeness (QED) is 0.737. The summed E-state index contributed by atoms with van der Waals surface area (Å²) in [7, 11) is 1.38. The van der Waals surface area contributed by atoms with Crippen LogP contribution in [0.2, 0.25) is 0 Å². The molecule has 0 bridgehead atoms. The molecule has 0 amide bonds. The first kappa shape index (κ1) is 15.3. The van der Waals surface area contributed by atoms with Crippen LogP contribution in [0.1, 0.15) is 21.6 Å². The molecule has 1 aromatic heterocycles. The number of hydrogen-bond acceptors (Lipinski definition) is 3. The number of benzene rings is 2. The minimum atomic E-state index is -0.344. The van der Waals surface area contributed by atoms with Crippen molar-refractivity contribution in [2.75, 3.05) is 13.7 Å². The second kappa shape index (κ2) is 6.67. The Morgan fingerprint density at radius 3 is 2.61 bits per heavy atom. The molecule has 0 spiro atoms. The first-order valence-electron chi connectivity index (χ1n) is 7.58. The molecule has 2 aromatic carbocycles. The summed E-state index contributed by atoms with van der Waals surface area (Å²) in [6.45, 7) is 0.791. The van der Waals surface area contributed by atoms with Gasteiger partial charge in [0.2, 0.25) is 0 Å². The number of rotatable bonds is 5. The molecule has 0 fully saturated rings. The molecule has 118 valence electrons. The lowest BCUT2D eigenvalue weighted by Crippen LogP contribution is -2.07. The van der Waals surface area contributed by atoms with Gasteiger partial charge in [-0.05, 0) is 29.1 Å². The van der Waals surface area contributed by atoms with Crippen LogP contribution in [0.5, 0.6) is 0 Å². The molecule has 0 atom stereocenters. The lowest BCUT2D eigenvalue weighted by molar-refractivity contribution is 0.0601. The first-order valence-corrected chi connectivity index (χ1v) is 7.58. The summed E-state index contributed by atoms with van der Waals surface area (Å²) >= 11 is 0. The number of aliphatic hydroxyl groups excluding tert-OH is 1. The van der Waals surface area contributed by atoms with Crippen molar-refractivity contribution in [3.8, 4) is 0 Å². The molecule has 3 aromatic rings. The Morgan fingerprint density at radius 2 is 1.91 bits per heavy atom. The van der Waals surface area contributed by atoms with E-state index >= 15 is 0 Å². The highest BCUT2D eigenvalue weighted by Gasteiger charge is 2.12. The van der Waals surface area contributed by atoms with Crippen LogP contribution < -0.4 is 0 Å². The fourth-order valence-electron chi connectivity index (χ4n) is 2.83. The minimum absolute atomic E-state index is 0.0922. The van der Waals surface area contributed by atoms with Gasteiger partial charge < -0.3 is 14.4 Å². The number of methoxy groups -OCH3 is 1. The number of carbonyl (C=O) groups is 1. The van der Waals surface area contributed by atoms with Crippen LogP contribution >= 0.6 is 0 Å². The average molecular weight is 309 g/mol. The van der Waals surface area contributed by atoms with Gasteiger partial charge in [-0.15, -0.1) is 0 Å². The molecule has 1 N–H and O–H groups in total. The van der Waals surface area contributed by atoms with Crippen LogP contribution in [0.25, 0.3) is 10.9 Å². The SMILES string of the molecule is COC(=O)c1ccc2cc(CCO)n(Cc3ccccc3)c2c1. The Bertz CT molecular complexity index is 821. The highest BCUT2D eigenvalue weighted by atomic mass is 16.5. The summed E-state index contributed by atoms with van der Waals surface area (Å²) < 4.78 is 6.96. The van der Waals surface area contributed by atoms with Gasteiger partial charge in [-0.1, -0.05) is 36.4 Å². The van der Waals surface area contributed by atoms with Crippen molar-refractivity contribution >= 4 is 16.9 Å². The Labute approximate surface area is 134 Å². The summed E-state index contributed by atoms with van der Waals surface area (Å²) in [5.41, 5.74) is 3.73. The number of ether oxygens (including phenoxy) is 1. The molecule has 4 heteroatoms. The molecule has 23 heavy (non-hydrogen) atoms. The van der Waals surface area contributed by atoms with E-state index in [1.54, 1.807) is 6.07 Å². The lowest BCUT2D eigenvalue weighted by Gasteiger charge is -2.11. The van der Waals surface area contributed by atoms with Gasteiger partial charge in [0.25, 0.3) is 0 Å². The molecule has 0 aliphatic rings. The van der Waals surface area contributed by atoms with E-state index in [2.05, 4.69) is 22.8 Å². The molecule has 4 nitrogen and oxygen atoms in total. The number of nitrogens with zero attached hydrogens (tertiary/aromatic N) is 1. The zero-order valence-corrected chi connectivity index (χ0v) is 13.0. The van der Waals surface area contributed by atoms with Crippen molar-refractivity contribution < 1.29 is 14.6 Å². The maximum absolute atomic E-state index is 11.8. The standard InChI is InChI=1S/C19H19NO3/c1-23-19(22)16-8-7-15-11-17(9-10-21)20(18(15)12-16)13-14-5-3-2-4-6-14/h2-8,11-12,21H,9-10,13H2,1H3.